The van der Waals surface area contributed by atoms with Gasteiger partial charge in [0.2, 0.25) is 15.9 Å². The molecule has 0 saturated heterocycles. The summed E-state index contributed by atoms with van der Waals surface area (Å²) in [5, 5.41) is 0. The molecule has 178 valence electrons. The number of carbonyl (C=O) groups excluding carboxylic acids is 2. The third kappa shape index (κ3) is 5.42. The zero-order valence-electron chi connectivity index (χ0n) is 19.0. The first-order valence-electron chi connectivity index (χ1n) is 10.9. The van der Waals surface area contributed by atoms with Gasteiger partial charge in [-0.15, -0.1) is 0 Å². The van der Waals surface area contributed by atoms with Crippen molar-refractivity contribution >= 4 is 32.9 Å². The highest BCUT2D eigenvalue weighted by molar-refractivity contribution is 7.89. The lowest BCUT2D eigenvalue weighted by atomic mass is 10.2. The second kappa shape index (κ2) is 10.6. The summed E-state index contributed by atoms with van der Waals surface area (Å²) in [5.41, 5.74) is 6.05. The lowest BCUT2D eigenvalue weighted by molar-refractivity contribution is -0.121. The number of benzene rings is 1. The first kappa shape index (κ1) is 24.5. The van der Waals surface area contributed by atoms with Crippen LogP contribution in [0.4, 0.5) is 0 Å². The van der Waals surface area contributed by atoms with Crippen molar-refractivity contribution in [3.63, 3.8) is 0 Å². The third-order valence-electron chi connectivity index (χ3n) is 5.23. The number of hydrogen-bond donors (Lipinski definition) is 2. The lowest BCUT2D eigenvalue weighted by Crippen LogP contribution is -2.41. The van der Waals surface area contributed by atoms with Crippen LogP contribution in [0.3, 0.4) is 0 Å². The molecule has 11 heteroatoms. The maximum absolute atomic E-state index is 12.9. The third-order valence-corrected chi connectivity index (χ3v) is 7.27. The molecular formula is C22H29N5O5S. The van der Waals surface area contributed by atoms with Crippen LogP contribution in [0.15, 0.2) is 45.9 Å². The van der Waals surface area contributed by atoms with Gasteiger partial charge in [-0.3, -0.25) is 20.4 Å². The number of amides is 2. The molecular weight excluding hydrogens is 446 g/mol. The summed E-state index contributed by atoms with van der Waals surface area (Å²) in [6, 6.07) is 8.02. The normalized spacial score (nSPS) is 11.8. The molecule has 1 aromatic carbocycles. The van der Waals surface area contributed by atoms with Crippen molar-refractivity contribution < 1.29 is 22.4 Å². The maximum atomic E-state index is 12.9. The number of furan rings is 1. The molecule has 2 heterocycles. The van der Waals surface area contributed by atoms with Crippen LogP contribution in [-0.4, -0.2) is 47.2 Å². The summed E-state index contributed by atoms with van der Waals surface area (Å²) in [5.74, 6) is -0.157. The highest BCUT2D eigenvalue weighted by Gasteiger charge is 2.23. The Labute approximate surface area is 193 Å². The van der Waals surface area contributed by atoms with Crippen LogP contribution in [-0.2, 0) is 27.8 Å². The van der Waals surface area contributed by atoms with Crippen molar-refractivity contribution in [1.29, 1.82) is 0 Å². The first-order chi connectivity index (χ1) is 15.8. The van der Waals surface area contributed by atoms with Crippen LogP contribution >= 0.6 is 0 Å². The molecule has 2 N–H and O–H groups in total. The number of aromatic nitrogens is 2. The molecule has 3 aromatic rings. The van der Waals surface area contributed by atoms with Gasteiger partial charge < -0.3 is 8.98 Å². The number of imidazole rings is 1. The lowest BCUT2D eigenvalue weighted by Gasteiger charge is -2.18. The number of aryl methyl sites for hydroxylation is 2. The van der Waals surface area contributed by atoms with Gasteiger partial charge in [-0.2, -0.15) is 4.31 Å². The fraction of sp³-hybridized carbons (Fsp3) is 0.409. The smallest absolute Gasteiger partial charge is 0.305 e. The van der Waals surface area contributed by atoms with E-state index in [1.807, 2.05) is 11.5 Å². The van der Waals surface area contributed by atoms with Crippen LogP contribution in [0, 0.1) is 0 Å². The molecule has 0 radical (unpaired) electrons. The first-order valence-corrected chi connectivity index (χ1v) is 12.4. The summed E-state index contributed by atoms with van der Waals surface area (Å²) in [4.78, 5) is 28.9. The molecule has 0 spiro atoms. The number of fused-ring (bicyclic) bond motifs is 1. The Hall–Kier alpha value is -3.18. The van der Waals surface area contributed by atoms with Crippen molar-refractivity contribution in [3.05, 3.63) is 48.2 Å². The minimum absolute atomic E-state index is 0.0931. The molecule has 2 amide bonds. The second-order valence-corrected chi connectivity index (χ2v) is 9.34. The number of hydrogen-bond acceptors (Lipinski definition) is 6. The molecule has 0 aliphatic carbocycles. The van der Waals surface area contributed by atoms with Gasteiger partial charge >= 0.3 is 5.91 Å². The molecule has 0 aliphatic heterocycles. The van der Waals surface area contributed by atoms with E-state index >= 15 is 0 Å². The summed E-state index contributed by atoms with van der Waals surface area (Å²) >= 11 is 0. The molecule has 0 atom stereocenters. The highest BCUT2D eigenvalue weighted by Crippen LogP contribution is 2.24. The van der Waals surface area contributed by atoms with Gasteiger partial charge in [0.05, 0.1) is 22.2 Å². The van der Waals surface area contributed by atoms with Crippen molar-refractivity contribution in [2.45, 2.75) is 51.5 Å². The average molecular weight is 476 g/mol. The Bertz CT molecular complexity index is 1210. The fourth-order valence-electron chi connectivity index (χ4n) is 3.58. The van der Waals surface area contributed by atoms with Crippen LogP contribution < -0.4 is 10.9 Å². The van der Waals surface area contributed by atoms with Crippen LogP contribution in [0.5, 0.6) is 0 Å². The summed E-state index contributed by atoms with van der Waals surface area (Å²) in [6.45, 7) is 7.10. The number of hydrazine groups is 1. The molecule has 2 aromatic heterocycles. The molecule has 0 saturated carbocycles. The number of nitrogens with one attached hydrogen (secondary N) is 2. The summed E-state index contributed by atoms with van der Waals surface area (Å²) in [7, 11) is -3.60. The van der Waals surface area contributed by atoms with Crippen LogP contribution in [0.25, 0.3) is 11.0 Å². The Morgan fingerprint density at radius 3 is 2.52 bits per heavy atom. The number of sulfonamides is 1. The Kier molecular flexibility index (Phi) is 7.88. The van der Waals surface area contributed by atoms with Crippen molar-refractivity contribution in [2.24, 2.45) is 0 Å². The van der Waals surface area contributed by atoms with Gasteiger partial charge in [-0.05, 0) is 36.8 Å². The predicted octanol–water partition coefficient (Wildman–Crippen LogP) is 2.46. The maximum Gasteiger partial charge on any atom is 0.305 e. The van der Waals surface area contributed by atoms with E-state index in [-0.39, 0.29) is 23.0 Å². The molecule has 3 rings (SSSR count). The standard InChI is InChI=1S/C22H29N5O5S/c1-4-13-27-18-10-9-16(33(30,31)26(5-2)6-3)15-17(18)23-20(27)11-12-21(28)24-25-22(29)19-8-7-14-32-19/h7-10,14-15H,4-6,11-13H2,1-3H3,(H,24,28)(H,25,29). The van der Waals surface area contributed by atoms with Crippen molar-refractivity contribution in [3.8, 4) is 0 Å². The Balaban J connectivity index is 1.75. The molecule has 0 bridgehead atoms. The zero-order valence-corrected chi connectivity index (χ0v) is 19.8. The Morgan fingerprint density at radius 1 is 1.12 bits per heavy atom. The summed E-state index contributed by atoms with van der Waals surface area (Å²) in [6.07, 6.45) is 2.64. The van der Waals surface area contributed by atoms with E-state index in [9.17, 15) is 18.0 Å². The quantitative estimate of drug-likeness (QED) is 0.434. The number of rotatable bonds is 10. The van der Waals surface area contributed by atoms with Crippen LogP contribution in [0.1, 0.15) is 50.0 Å². The van der Waals surface area contributed by atoms with Crippen molar-refractivity contribution in [1.82, 2.24) is 24.7 Å². The summed E-state index contributed by atoms with van der Waals surface area (Å²) < 4.78 is 34.1. The van der Waals surface area contributed by atoms with E-state index < -0.39 is 15.9 Å². The number of carbonyl (C=O) groups is 2. The van der Waals surface area contributed by atoms with E-state index in [4.69, 9.17) is 4.42 Å². The monoisotopic (exact) mass is 475 g/mol. The van der Waals surface area contributed by atoms with E-state index in [2.05, 4.69) is 15.8 Å². The largest absolute Gasteiger partial charge is 0.459 e. The number of nitrogens with zero attached hydrogens (tertiary/aromatic N) is 3. The molecule has 0 unspecified atom stereocenters. The van der Waals surface area contributed by atoms with E-state index in [0.29, 0.717) is 37.4 Å². The predicted molar refractivity (Wildman–Crippen MR) is 123 cm³/mol. The van der Waals surface area contributed by atoms with E-state index in [0.717, 1.165) is 11.9 Å². The van der Waals surface area contributed by atoms with Gasteiger partial charge in [-0.1, -0.05) is 20.8 Å². The van der Waals surface area contributed by atoms with Gasteiger partial charge in [0.15, 0.2) is 5.76 Å². The van der Waals surface area contributed by atoms with Gasteiger partial charge in [-0.25, -0.2) is 13.4 Å². The van der Waals surface area contributed by atoms with Gasteiger partial charge in [0.25, 0.3) is 0 Å². The van der Waals surface area contributed by atoms with Crippen molar-refractivity contribution in [2.75, 3.05) is 13.1 Å². The average Bonchev–Trinajstić information content (AvgIpc) is 3.45. The second-order valence-electron chi connectivity index (χ2n) is 7.40. The van der Waals surface area contributed by atoms with E-state index in [1.54, 1.807) is 38.1 Å². The highest BCUT2D eigenvalue weighted by atomic mass is 32.2. The van der Waals surface area contributed by atoms with E-state index in [1.165, 1.54) is 16.6 Å². The minimum Gasteiger partial charge on any atom is -0.459 e. The molecule has 10 nitrogen and oxygen atoms in total. The Morgan fingerprint density at radius 2 is 1.88 bits per heavy atom. The van der Waals surface area contributed by atoms with Crippen LogP contribution in [0.2, 0.25) is 0 Å². The van der Waals surface area contributed by atoms with Gasteiger partial charge in [0.1, 0.15) is 5.82 Å². The minimum atomic E-state index is -3.60. The zero-order chi connectivity index (χ0) is 24.0. The molecule has 33 heavy (non-hydrogen) atoms. The SMILES string of the molecule is CCCn1c(CCC(=O)NNC(=O)c2ccco2)nc2cc(S(=O)(=O)N(CC)CC)ccc21. The topological polar surface area (TPSA) is 127 Å². The molecule has 0 aliphatic rings. The molecule has 0 fully saturated rings. The fourth-order valence-corrected chi connectivity index (χ4v) is 5.06. The van der Waals surface area contributed by atoms with Gasteiger partial charge in [0, 0.05) is 32.5 Å².